The first-order valence-electron chi connectivity index (χ1n) is 12.8. The Hall–Kier alpha value is -3.25. The molecule has 0 aliphatic heterocycles. The van der Waals surface area contributed by atoms with Gasteiger partial charge >= 0.3 is 0 Å². The number of benzene rings is 3. The fraction of sp³-hybridized carbons (Fsp3) is 0.355. The molecule has 5 nitrogen and oxygen atoms in total. The lowest BCUT2D eigenvalue weighted by Gasteiger charge is -2.32. The maximum atomic E-state index is 13.7. The van der Waals surface area contributed by atoms with E-state index in [1.54, 1.807) is 23.8 Å². The van der Waals surface area contributed by atoms with Crippen LogP contribution in [0.15, 0.2) is 78.9 Å². The van der Waals surface area contributed by atoms with Gasteiger partial charge in [0.05, 0.1) is 12.9 Å². The van der Waals surface area contributed by atoms with Crippen LogP contribution in [0, 0.1) is 6.92 Å². The summed E-state index contributed by atoms with van der Waals surface area (Å²) in [6, 6.07) is 25.3. The third-order valence-electron chi connectivity index (χ3n) is 6.37. The SMILES string of the molecule is CCC(C)NC(=O)C(Cc1ccccc1)N(Cc1cccc(OC)c1)C(=O)CSCc1ccc(C)cc1. The molecule has 0 aliphatic carbocycles. The highest BCUT2D eigenvalue weighted by molar-refractivity contribution is 7.99. The molecule has 6 heteroatoms. The largest absolute Gasteiger partial charge is 0.497 e. The van der Waals surface area contributed by atoms with Crippen LogP contribution in [0.2, 0.25) is 0 Å². The Morgan fingerprint density at radius 2 is 1.65 bits per heavy atom. The van der Waals surface area contributed by atoms with Crippen molar-refractivity contribution in [1.82, 2.24) is 10.2 Å². The Balaban J connectivity index is 1.86. The second kappa shape index (κ2) is 14.5. The molecule has 1 N–H and O–H groups in total. The molecule has 0 spiro atoms. The lowest BCUT2D eigenvalue weighted by molar-refractivity contribution is -0.139. The van der Waals surface area contributed by atoms with Gasteiger partial charge in [0.1, 0.15) is 11.8 Å². The maximum absolute atomic E-state index is 13.7. The van der Waals surface area contributed by atoms with Gasteiger partial charge in [0.2, 0.25) is 11.8 Å². The van der Waals surface area contributed by atoms with Gasteiger partial charge < -0.3 is 15.0 Å². The van der Waals surface area contributed by atoms with Crippen LogP contribution in [0.25, 0.3) is 0 Å². The molecule has 0 fully saturated rings. The number of hydrogen-bond donors (Lipinski definition) is 1. The molecule has 0 saturated heterocycles. The molecule has 3 aromatic carbocycles. The number of methoxy groups -OCH3 is 1. The van der Waals surface area contributed by atoms with Gasteiger partial charge in [0.15, 0.2) is 0 Å². The van der Waals surface area contributed by atoms with Crippen LogP contribution in [0.4, 0.5) is 0 Å². The average molecular weight is 519 g/mol. The van der Waals surface area contributed by atoms with E-state index in [0.29, 0.717) is 18.7 Å². The van der Waals surface area contributed by atoms with Gasteiger partial charge in [-0.15, -0.1) is 11.8 Å². The van der Waals surface area contributed by atoms with Crippen molar-refractivity contribution < 1.29 is 14.3 Å². The molecule has 0 aromatic heterocycles. The zero-order valence-electron chi connectivity index (χ0n) is 22.3. The van der Waals surface area contributed by atoms with Crippen LogP contribution in [0.1, 0.15) is 42.5 Å². The van der Waals surface area contributed by atoms with E-state index in [0.717, 1.165) is 29.1 Å². The number of amides is 2. The van der Waals surface area contributed by atoms with Crippen LogP contribution < -0.4 is 10.1 Å². The summed E-state index contributed by atoms with van der Waals surface area (Å²) < 4.78 is 5.40. The predicted octanol–water partition coefficient (Wildman–Crippen LogP) is 5.79. The third kappa shape index (κ3) is 8.97. The lowest BCUT2D eigenvalue weighted by atomic mass is 10.0. The molecule has 37 heavy (non-hydrogen) atoms. The summed E-state index contributed by atoms with van der Waals surface area (Å²) in [5, 5.41) is 3.12. The molecule has 3 aromatic rings. The minimum absolute atomic E-state index is 0.0236. The highest BCUT2D eigenvalue weighted by Gasteiger charge is 2.31. The second-order valence-electron chi connectivity index (χ2n) is 9.37. The average Bonchev–Trinajstić information content (AvgIpc) is 2.92. The molecule has 196 valence electrons. The Kier molecular flexibility index (Phi) is 11.1. The van der Waals surface area contributed by atoms with E-state index in [4.69, 9.17) is 4.74 Å². The first-order chi connectivity index (χ1) is 17.9. The molecule has 0 saturated carbocycles. The Morgan fingerprint density at radius 1 is 0.946 bits per heavy atom. The van der Waals surface area contributed by atoms with Crippen molar-refractivity contribution >= 4 is 23.6 Å². The smallest absolute Gasteiger partial charge is 0.243 e. The summed E-state index contributed by atoms with van der Waals surface area (Å²) in [7, 11) is 1.63. The van der Waals surface area contributed by atoms with Gasteiger partial charge in [-0.25, -0.2) is 0 Å². The molecule has 0 aliphatic rings. The van der Waals surface area contributed by atoms with E-state index in [9.17, 15) is 9.59 Å². The van der Waals surface area contributed by atoms with Gasteiger partial charge in [-0.2, -0.15) is 0 Å². The number of ether oxygens (including phenoxy) is 1. The van der Waals surface area contributed by atoms with Crippen molar-refractivity contribution in [2.45, 2.75) is 58.0 Å². The van der Waals surface area contributed by atoms with E-state index in [-0.39, 0.29) is 17.9 Å². The summed E-state index contributed by atoms with van der Waals surface area (Å²) >= 11 is 1.57. The quantitative estimate of drug-likeness (QED) is 0.311. The van der Waals surface area contributed by atoms with E-state index >= 15 is 0 Å². The fourth-order valence-corrected chi connectivity index (χ4v) is 4.86. The maximum Gasteiger partial charge on any atom is 0.243 e. The number of thioether (sulfide) groups is 1. The molecule has 3 rings (SSSR count). The van der Waals surface area contributed by atoms with Crippen LogP contribution in [-0.4, -0.2) is 41.7 Å². The van der Waals surface area contributed by atoms with Gasteiger partial charge in [-0.3, -0.25) is 9.59 Å². The number of nitrogens with zero attached hydrogens (tertiary/aromatic N) is 1. The zero-order chi connectivity index (χ0) is 26.6. The normalized spacial score (nSPS) is 12.4. The third-order valence-corrected chi connectivity index (χ3v) is 7.36. The summed E-state index contributed by atoms with van der Waals surface area (Å²) in [6.45, 7) is 6.42. The van der Waals surface area contributed by atoms with Gasteiger partial charge in [-0.1, -0.05) is 79.2 Å². The van der Waals surface area contributed by atoms with E-state index < -0.39 is 6.04 Å². The van der Waals surface area contributed by atoms with Crippen LogP contribution in [0.3, 0.4) is 0 Å². The van der Waals surface area contributed by atoms with Gasteiger partial charge in [0, 0.05) is 24.8 Å². The molecule has 0 heterocycles. The summed E-state index contributed by atoms with van der Waals surface area (Å²) in [4.78, 5) is 29.0. The first-order valence-corrected chi connectivity index (χ1v) is 13.9. The number of rotatable bonds is 13. The lowest BCUT2D eigenvalue weighted by Crippen LogP contribution is -2.52. The summed E-state index contributed by atoms with van der Waals surface area (Å²) in [6.07, 6.45) is 1.27. The Morgan fingerprint density at radius 3 is 2.32 bits per heavy atom. The van der Waals surface area contributed by atoms with Gasteiger partial charge in [0.25, 0.3) is 0 Å². The van der Waals surface area contributed by atoms with E-state index in [2.05, 4.69) is 36.5 Å². The minimum Gasteiger partial charge on any atom is -0.497 e. The van der Waals surface area contributed by atoms with E-state index in [1.807, 2.05) is 68.4 Å². The predicted molar refractivity (Wildman–Crippen MR) is 153 cm³/mol. The van der Waals surface area contributed by atoms with E-state index in [1.165, 1.54) is 11.1 Å². The van der Waals surface area contributed by atoms with Crippen LogP contribution in [0.5, 0.6) is 5.75 Å². The number of hydrogen-bond acceptors (Lipinski definition) is 4. The number of nitrogens with one attached hydrogen (secondary N) is 1. The van der Waals surface area contributed by atoms with Crippen molar-refractivity contribution in [1.29, 1.82) is 0 Å². The number of carbonyl (C=O) groups is 2. The molecular formula is C31H38N2O3S. The van der Waals surface area contributed by atoms with Gasteiger partial charge in [-0.05, 0) is 49.1 Å². The van der Waals surface area contributed by atoms with Crippen molar-refractivity contribution in [2.24, 2.45) is 0 Å². The van der Waals surface area contributed by atoms with Crippen LogP contribution >= 0.6 is 11.8 Å². The number of aryl methyl sites for hydroxylation is 1. The molecule has 2 amide bonds. The van der Waals surface area contributed by atoms with Crippen molar-refractivity contribution in [3.63, 3.8) is 0 Å². The molecule has 2 atom stereocenters. The Bertz CT molecular complexity index is 1130. The minimum atomic E-state index is -0.630. The standard InChI is InChI=1S/C31H38N2O3S/c1-5-24(3)32-31(35)29(19-25-10-7-6-8-11-25)33(20-27-12-9-13-28(18-27)36-4)30(34)22-37-21-26-16-14-23(2)15-17-26/h6-18,24,29H,5,19-22H2,1-4H3,(H,32,35). The highest BCUT2D eigenvalue weighted by Crippen LogP contribution is 2.21. The first kappa shape index (κ1) is 28.3. The Labute approximate surface area is 225 Å². The second-order valence-corrected chi connectivity index (χ2v) is 10.4. The highest BCUT2D eigenvalue weighted by atomic mass is 32.2. The topological polar surface area (TPSA) is 58.6 Å². The molecule has 0 bridgehead atoms. The molecular weight excluding hydrogens is 480 g/mol. The summed E-state index contributed by atoms with van der Waals surface area (Å²) in [5.41, 5.74) is 4.33. The fourth-order valence-electron chi connectivity index (χ4n) is 3.99. The van der Waals surface area contributed by atoms with Crippen molar-refractivity contribution in [3.8, 4) is 5.75 Å². The number of carbonyl (C=O) groups excluding carboxylic acids is 2. The zero-order valence-corrected chi connectivity index (χ0v) is 23.1. The van der Waals surface area contributed by atoms with Crippen molar-refractivity contribution in [2.75, 3.05) is 12.9 Å². The molecule has 0 radical (unpaired) electrons. The van der Waals surface area contributed by atoms with Crippen LogP contribution in [-0.2, 0) is 28.3 Å². The van der Waals surface area contributed by atoms with Crippen molar-refractivity contribution in [3.05, 3.63) is 101 Å². The monoisotopic (exact) mass is 518 g/mol. The molecule has 2 unspecified atom stereocenters. The summed E-state index contributed by atoms with van der Waals surface area (Å²) in [5.74, 6) is 1.57.